The second-order valence-corrected chi connectivity index (χ2v) is 12.2. The molecule has 36 heavy (non-hydrogen) atoms. The van der Waals surface area contributed by atoms with Crippen molar-refractivity contribution in [3.05, 3.63) is 28.7 Å². The molecule has 3 amide bonds. The van der Waals surface area contributed by atoms with Crippen LogP contribution in [0, 0.1) is 11.8 Å². The van der Waals surface area contributed by atoms with Crippen molar-refractivity contribution in [2.75, 3.05) is 20.2 Å². The van der Waals surface area contributed by atoms with Gasteiger partial charge in [-0.1, -0.05) is 12.2 Å². The molecule has 198 valence electrons. The van der Waals surface area contributed by atoms with E-state index in [4.69, 9.17) is 14.2 Å². The molecule has 5 atom stereocenters. The van der Waals surface area contributed by atoms with E-state index in [1.54, 1.807) is 18.1 Å². The molecule has 0 aromatic carbocycles. The van der Waals surface area contributed by atoms with Crippen molar-refractivity contribution < 1.29 is 28.6 Å². The number of carbonyl (C=O) groups excluding carboxylic acids is 3. The number of carbonyl (C=O) groups is 3. The van der Waals surface area contributed by atoms with E-state index in [2.05, 4.69) is 4.98 Å². The third kappa shape index (κ3) is 5.50. The Morgan fingerprint density at radius 3 is 2.33 bits per heavy atom. The lowest BCUT2D eigenvalue weighted by Crippen LogP contribution is -2.48. The van der Waals surface area contributed by atoms with Crippen molar-refractivity contribution in [1.82, 2.24) is 14.8 Å². The van der Waals surface area contributed by atoms with E-state index >= 15 is 0 Å². The van der Waals surface area contributed by atoms with E-state index in [0.717, 1.165) is 5.01 Å². The minimum atomic E-state index is -0.577. The van der Waals surface area contributed by atoms with E-state index < -0.39 is 11.1 Å². The first-order valence-electron chi connectivity index (χ1n) is 12.6. The van der Waals surface area contributed by atoms with Gasteiger partial charge in [0.15, 0.2) is 0 Å². The fourth-order valence-electron chi connectivity index (χ4n) is 4.96. The second kappa shape index (κ2) is 10.2. The fourth-order valence-corrected chi connectivity index (χ4v) is 5.65. The lowest BCUT2D eigenvalue weighted by Gasteiger charge is -2.38. The molecule has 4 unspecified atom stereocenters. The first-order valence-corrected chi connectivity index (χ1v) is 13.4. The number of likely N-dealkylation sites (tertiary alicyclic amines) is 1. The van der Waals surface area contributed by atoms with Gasteiger partial charge in [0.1, 0.15) is 16.7 Å². The highest BCUT2D eigenvalue weighted by molar-refractivity contribution is 7.09. The van der Waals surface area contributed by atoms with Crippen molar-refractivity contribution >= 4 is 29.2 Å². The molecule has 4 heterocycles. The van der Waals surface area contributed by atoms with Gasteiger partial charge in [-0.05, 0) is 47.5 Å². The zero-order valence-corrected chi connectivity index (χ0v) is 22.7. The molecule has 0 aliphatic carbocycles. The summed E-state index contributed by atoms with van der Waals surface area (Å²) in [5.74, 6) is -0.949. The molecule has 10 heteroatoms. The third-order valence-electron chi connectivity index (χ3n) is 7.08. The lowest BCUT2D eigenvalue weighted by molar-refractivity contribution is -0.142. The lowest BCUT2D eigenvalue weighted by atomic mass is 9.85. The molecule has 0 saturated carbocycles. The topological polar surface area (TPSA) is 98.3 Å². The quantitative estimate of drug-likeness (QED) is 0.262. The van der Waals surface area contributed by atoms with Crippen LogP contribution in [-0.2, 0) is 23.8 Å². The number of unbranched alkanes of at least 4 members (excludes halogenated alkanes) is 1. The van der Waals surface area contributed by atoms with E-state index in [0.29, 0.717) is 32.4 Å². The summed E-state index contributed by atoms with van der Waals surface area (Å²) in [6, 6.07) is 0. The number of hydrogen-bond acceptors (Lipinski definition) is 8. The van der Waals surface area contributed by atoms with Crippen molar-refractivity contribution in [3.63, 3.8) is 0 Å². The molecule has 1 aromatic rings. The summed E-state index contributed by atoms with van der Waals surface area (Å²) in [6.45, 7) is 10.3. The van der Waals surface area contributed by atoms with Crippen LogP contribution in [-0.4, -0.2) is 76.2 Å². The van der Waals surface area contributed by atoms with Crippen LogP contribution in [0.2, 0.25) is 0 Å². The number of thiazole rings is 1. The summed E-state index contributed by atoms with van der Waals surface area (Å²) in [5, 5.41) is 2.75. The van der Waals surface area contributed by atoms with E-state index in [1.807, 2.05) is 52.2 Å². The Hall–Kier alpha value is -2.30. The summed E-state index contributed by atoms with van der Waals surface area (Å²) in [4.78, 5) is 45.7. The van der Waals surface area contributed by atoms with E-state index in [9.17, 15) is 14.4 Å². The summed E-state index contributed by atoms with van der Waals surface area (Å²) in [5.41, 5.74) is -1.12. The van der Waals surface area contributed by atoms with Gasteiger partial charge in [0.2, 0.25) is 11.8 Å². The highest BCUT2D eigenvalue weighted by Gasteiger charge is 2.60. The molecular formula is C26H37N3O6S. The standard InChI is InChI=1S/C26H37N3O6S/c1-25(2,3)35-24(32)28(6)26(4,5)15-18(21-27-11-14-36-21)33-13-8-7-12-29-22(30)19-16-9-10-17(34-16)20(19)23(29)31/h9-11,14,16-20H,7-8,12-13,15H2,1-6H3/t16?,17?,18-,19?,20?/m1/s1. The van der Waals surface area contributed by atoms with Gasteiger partial charge in [0.05, 0.1) is 24.0 Å². The molecule has 2 saturated heterocycles. The Morgan fingerprint density at radius 2 is 1.78 bits per heavy atom. The van der Waals surface area contributed by atoms with Crippen molar-refractivity contribution in [1.29, 1.82) is 0 Å². The first kappa shape index (κ1) is 26.8. The zero-order chi connectivity index (χ0) is 26.3. The van der Waals surface area contributed by atoms with Crippen LogP contribution in [0.3, 0.4) is 0 Å². The number of amides is 3. The van der Waals surface area contributed by atoms with Gasteiger partial charge in [0, 0.05) is 43.7 Å². The van der Waals surface area contributed by atoms with Gasteiger partial charge >= 0.3 is 6.09 Å². The van der Waals surface area contributed by atoms with Gasteiger partial charge < -0.3 is 19.1 Å². The molecule has 3 aliphatic rings. The number of rotatable bonds is 10. The first-order chi connectivity index (χ1) is 16.9. The van der Waals surface area contributed by atoms with Gasteiger partial charge in [-0.25, -0.2) is 9.78 Å². The van der Waals surface area contributed by atoms with Crippen molar-refractivity contribution in [2.24, 2.45) is 11.8 Å². The molecule has 2 fully saturated rings. The summed E-state index contributed by atoms with van der Waals surface area (Å²) in [6.07, 6.45) is 6.24. The highest BCUT2D eigenvalue weighted by atomic mass is 32.1. The number of imide groups is 1. The Balaban J connectivity index is 1.28. The molecule has 4 rings (SSSR count). The maximum absolute atomic E-state index is 12.8. The van der Waals surface area contributed by atoms with Crippen molar-refractivity contribution in [3.8, 4) is 0 Å². The molecule has 0 radical (unpaired) electrons. The summed E-state index contributed by atoms with van der Waals surface area (Å²) in [7, 11) is 1.74. The second-order valence-electron chi connectivity index (χ2n) is 11.3. The molecule has 0 N–H and O–H groups in total. The van der Waals surface area contributed by atoms with Crippen LogP contribution in [0.15, 0.2) is 23.7 Å². The van der Waals surface area contributed by atoms with Crippen LogP contribution in [0.5, 0.6) is 0 Å². The minimum Gasteiger partial charge on any atom is -0.444 e. The normalized spacial score (nSPS) is 26.0. The highest BCUT2D eigenvalue weighted by Crippen LogP contribution is 2.45. The van der Waals surface area contributed by atoms with Gasteiger partial charge in [0.25, 0.3) is 0 Å². The Morgan fingerprint density at radius 1 is 1.14 bits per heavy atom. The fraction of sp³-hybridized carbons (Fsp3) is 0.692. The van der Waals surface area contributed by atoms with E-state index in [-0.39, 0.29) is 48.1 Å². The molecule has 0 spiro atoms. The Labute approximate surface area is 216 Å². The van der Waals surface area contributed by atoms with E-state index in [1.165, 1.54) is 16.2 Å². The molecular weight excluding hydrogens is 482 g/mol. The molecule has 3 aliphatic heterocycles. The number of hydrogen-bond donors (Lipinski definition) is 0. The van der Waals surface area contributed by atoms with Gasteiger partial charge in [-0.2, -0.15) is 0 Å². The Kier molecular flexibility index (Phi) is 7.60. The predicted octanol–water partition coefficient (Wildman–Crippen LogP) is 3.96. The largest absolute Gasteiger partial charge is 0.444 e. The predicted molar refractivity (Wildman–Crippen MR) is 134 cm³/mol. The summed E-state index contributed by atoms with van der Waals surface area (Å²) < 4.78 is 17.5. The zero-order valence-electron chi connectivity index (χ0n) is 21.9. The summed E-state index contributed by atoms with van der Waals surface area (Å²) >= 11 is 1.52. The molecule has 9 nitrogen and oxygen atoms in total. The van der Waals surface area contributed by atoms with Crippen LogP contribution >= 0.6 is 11.3 Å². The number of nitrogens with zero attached hydrogens (tertiary/aromatic N) is 3. The van der Waals surface area contributed by atoms with Crippen LogP contribution in [0.4, 0.5) is 4.79 Å². The molecule has 1 aromatic heterocycles. The average molecular weight is 520 g/mol. The third-order valence-corrected chi connectivity index (χ3v) is 7.95. The maximum Gasteiger partial charge on any atom is 0.410 e. The SMILES string of the molecule is CN(C(=O)OC(C)(C)C)C(C)(C)C[C@@H](OCCCCN1C(=O)C2C3C=CC(O3)C2C1=O)c1nccs1. The monoisotopic (exact) mass is 519 g/mol. The van der Waals surface area contributed by atoms with Gasteiger partial charge in [-0.3, -0.25) is 14.5 Å². The Bertz CT molecular complexity index is 972. The number of aromatic nitrogens is 1. The maximum atomic E-state index is 12.8. The van der Waals surface area contributed by atoms with Gasteiger partial charge in [-0.15, -0.1) is 11.3 Å². The minimum absolute atomic E-state index is 0.115. The van der Waals surface area contributed by atoms with Crippen molar-refractivity contribution in [2.45, 2.75) is 83.3 Å². The van der Waals surface area contributed by atoms with Crippen LogP contribution < -0.4 is 0 Å². The number of ether oxygens (including phenoxy) is 3. The average Bonchev–Trinajstić information content (AvgIpc) is 3.57. The smallest absolute Gasteiger partial charge is 0.410 e. The van der Waals surface area contributed by atoms with Crippen LogP contribution in [0.25, 0.3) is 0 Å². The number of fused-ring (bicyclic) bond motifs is 5. The molecule has 2 bridgehead atoms. The van der Waals surface area contributed by atoms with Crippen LogP contribution in [0.1, 0.15) is 65.0 Å².